The molecule has 0 bridgehead atoms. The van der Waals surface area contributed by atoms with Gasteiger partial charge in [-0.25, -0.2) is 26.3 Å². The number of benzene rings is 2. The number of carboxylic acid groups (broad SMARTS) is 2. The molecule has 176 valence electrons. The lowest BCUT2D eigenvalue weighted by atomic mass is 10.0. The molecule has 12 heteroatoms. The van der Waals surface area contributed by atoms with Crippen LogP contribution in [0.5, 0.6) is 0 Å². The fraction of sp³-hybridized carbons (Fsp3) is 0.300. The fourth-order valence-corrected chi connectivity index (χ4v) is 2.60. The smallest absolute Gasteiger partial charge is 0.304 e. The highest BCUT2D eigenvalue weighted by atomic mass is 19.2. The Bertz CT molecular complexity index is 896. The standard InChI is InChI=1S/2C10H10F3NO2/c2*11-7-4-9(13)8(12)2-5(7)1-6(14)3-10(15)16/h2*2,4,6H,1,3,14H2,(H,15,16). The topological polar surface area (TPSA) is 127 Å². The van der Waals surface area contributed by atoms with Gasteiger partial charge in [0.25, 0.3) is 0 Å². The van der Waals surface area contributed by atoms with Gasteiger partial charge in [-0.3, -0.25) is 9.59 Å². The van der Waals surface area contributed by atoms with E-state index in [0.717, 1.165) is 0 Å². The first-order chi connectivity index (χ1) is 14.8. The summed E-state index contributed by atoms with van der Waals surface area (Å²) in [6.07, 6.45) is -1.04. The van der Waals surface area contributed by atoms with Crippen molar-refractivity contribution >= 4 is 11.9 Å². The highest BCUT2D eigenvalue weighted by molar-refractivity contribution is 5.67. The van der Waals surface area contributed by atoms with Crippen LogP contribution in [0.1, 0.15) is 24.0 Å². The minimum atomic E-state index is -1.28. The zero-order valence-electron chi connectivity index (χ0n) is 16.4. The molecule has 2 unspecified atom stereocenters. The van der Waals surface area contributed by atoms with Gasteiger partial charge in [-0.05, 0) is 36.1 Å². The molecule has 0 radical (unpaired) electrons. The molecule has 0 fully saturated rings. The molecule has 0 aliphatic carbocycles. The third-order valence-corrected chi connectivity index (χ3v) is 4.02. The van der Waals surface area contributed by atoms with E-state index in [1.807, 2.05) is 0 Å². The Hall–Kier alpha value is -3.12. The van der Waals surface area contributed by atoms with Crippen LogP contribution in [0.4, 0.5) is 26.3 Å². The van der Waals surface area contributed by atoms with Gasteiger partial charge in [-0.2, -0.15) is 0 Å². The lowest BCUT2D eigenvalue weighted by Crippen LogP contribution is -2.26. The van der Waals surface area contributed by atoms with E-state index >= 15 is 0 Å². The molecule has 0 saturated heterocycles. The second-order valence-corrected chi connectivity index (χ2v) is 6.84. The van der Waals surface area contributed by atoms with E-state index in [9.17, 15) is 35.9 Å². The van der Waals surface area contributed by atoms with E-state index in [0.29, 0.717) is 24.3 Å². The van der Waals surface area contributed by atoms with Crippen molar-refractivity contribution in [3.8, 4) is 0 Å². The minimum absolute atomic E-state index is 0.132. The van der Waals surface area contributed by atoms with Gasteiger partial charge in [0.15, 0.2) is 23.3 Å². The lowest BCUT2D eigenvalue weighted by molar-refractivity contribution is -0.138. The van der Waals surface area contributed by atoms with Crippen molar-refractivity contribution in [1.29, 1.82) is 0 Å². The summed E-state index contributed by atoms with van der Waals surface area (Å²) in [5.74, 6) is -9.05. The Labute approximate surface area is 178 Å². The van der Waals surface area contributed by atoms with Crippen LogP contribution in [0.3, 0.4) is 0 Å². The molecule has 0 spiro atoms. The molecule has 2 rings (SSSR count). The number of halogens is 6. The van der Waals surface area contributed by atoms with Gasteiger partial charge in [-0.1, -0.05) is 0 Å². The van der Waals surface area contributed by atoms with Crippen LogP contribution in [-0.2, 0) is 22.4 Å². The van der Waals surface area contributed by atoms with Crippen molar-refractivity contribution in [2.75, 3.05) is 0 Å². The van der Waals surface area contributed by atoms with Crippen molar-refractivity contribution in [2.24, 2.45) is 11.5 Å². The van der Waals surface area contributed by atoms with Crippen molar-refractivity contribution < 1.29 is 46.1 Å². The minimum Gasteiger partial charge on any atom is -0.481 e. The van der Waals surface area contributed by atoms with E-state index in [-0.39, 0.29) is 36.8 Å². The number of carbonyl (C=O) groups is 2. The third-order valence-electron chi connectivity index (χ3n) is 4.02. The molecule has 0 aromatic heterocycles. The van der Waals surface area contributed by atoms with Crippen molar-refractivity contribution in [2.45, 2.75) is 37.8 Å². The van der Waals surface area contributed by atoms with Crippen LogP contribution in [0.25, 0.3) is 0 Å². The maximum absolute atomic E-state index is 13.1. The van der Waals surface area contributed by atoms with Crippen LogP contribution in [0.15, 0.2) is 24.3 Å². The molecule has 6 nitrogen and oxygen atoms in total. The molecule has 6 N–H and O–H groups in total. The number of hydrogen-bond acceptors (Lipinski definition) is 4. The summed E-state index contributed by atoms with van der Waals surface area (Å²) in [4.78, 5) is 20.6. The summed E-state index contributed by atoms with van der Waals surface area (Å²) in [6.45, 7) is 0. The maximum atomic E-state index is 13.1. The Kier molecular flexibility index (Phi) is 10.1. The van der Waals surface area contributed by atoms with Crippen LogP contribution in [0.2, 0.25) is 0 Å². The van der Waals surface area contributed by atoms with Crippen molar-refractivity contribution in [1.82, 2.24) is 0 Å². The first-order valence-electron chi connectivity index (χ1n) is 9.01. The predicted molar refractivity (Wildman–Crippen MR) is 100 cm³/mol. The van der Waals surface area contributed by atoms with Crippen molar-refractivity contribution in [3.63, 3.8) is 0 Å². The van der Waals surface area contributed by atoms with Crippen LogP contribution >= 0.6 is 0 Å². The normalized spacial score (nSPS) is 12.5. The molecule has 2 aromatic rings. The number of hydrogen-bond donors (Lipinski definition) is 4. The molecular weight excluding hydrogens is 446 g/mol. The number of aliphatic carboxylic acids is 2. The molecule has 0 saturated carbocycles. The summed E-state index contributed by atoms with van der Waals surface area (Å²) in [7, 11) is 0. The molecule has 2 aromatic carbocycles. The Morgan fingerprint density at radius 2 is 0.906 bits per heavy atom. The van der Waals surface area contributed by atoms with E-state index in [1.54, 1.807) is 0 Å². The molecule has 0 heterocycles. The lowest BCUT2D eigenvalue weighted by Gasteiger charge is -2.09. The maximum Gasteiger partial charge on any atom is 0.304 e. The van der Waals surface area contributed by atoms with Gasteiger partial charge < -0.3 is 21.7 Å². The number of carboxylic acids is 2. The van der Waals surface area contributed by atoms with Gasteiger partial charge in [0.1, 0.15) is 11.6 Å². The van der Waals surface area contributed by atoms with Gasteiger partial charge in [0.2, 0.25) is 0 Å². The third kappa shape index (κ3) is 8.94. The van der Waals surface area contributed by atoms with Crippen molar-refractivity contribution in [3.05, 3.63) is 70.3 Å². The molecule has 0 aliphatic rings. The zero-order chi connectivity index (χ0) is 24.6. The first-order valence-corrected chi connectivity index (χ1v) is 9.01. The SMILES string of the molecule is NC(CC(=O)O)Cc1cc(F)c(F)cc1F.NC(CC(=O)O)Cc1cc(F)c(F)cc1F. The summed E-state index contributed by atoms with van der Waals surface area (Å²) in [5, 5.41) is 16.8. The van der Waals surface area contributed by atoms with Crippen LogP contribution in [-0.4, -0.2) is 34.2 Å². The second-order valence-electron chi connectivity index (χ2n) is 6.84. The molecular formula is C20H20F6N2O4. The highest BCUT2D eigenvalue weighted by Gasteiger charge is 2.16. The van der Waals surface area contributed by atoms with Gasteiger partial charge in [0.05, 0.1) is 12.8 Å². The van der Waals surface area contributed by atoms with Gasteiger partial charge in [0, 0.05) is 24.2 Å². The number of rotatable bonds is 8. The molecule has 0 aliphatic heterocycles. The summed E-state index contributed by atoms with van der Waals surface area (Å²) in [6, 6.07) is 0.531. The van der Waals surface area contributed by atoms with Gasteiger partial charge >= 0.3 is 11.9 Å². The van der Waals surface area contributed by atoms with E-state index < -0.39 is 58.9 Å². The second kappa shape index (κ2) is 12.1. The van der Waals surface area contributed by atoms with E-state index in [1.165, 1.54) is 0 Å². The molecule has 2 atom stereocenters. The Balaban J connectivity index is 0.000000320. The molecule has 32 heavy (non-hydrogen) atoms. The Morgan fingerprint density at radius 1 is 0.625 bits per heavy atom. The number of nitrogens with two attached hydrogens (primary N) is 2. The fourth-order valence-electron chi connectivity index (χ4n) is 2.60. The van der Waals surface area contributed by atoms with Gasteiger partial charge in [-0.15, -0.1) is 0 Å². The summed E-state index contributed by atoms with van der Waals surface area (Å²) >= 11 is 0. The van der Waals surface area contributed by atoms with Crippen LogP contribution in [0, 0.1) is 34.9 Å². The van der Waals surface area contributed by atoms with E-state index in [4.69, 9.17) is 21.7 Å². The largest absolute Gasteiger partial charge is 0.481 e. The monoisotopic (exact) mass is 466 g/mol. The quantitative estimate of drug-likeness (QED) is 0.350. The predicted octanol–water partition coefficient (Wildman–Crippen LogP) is 2.90. The summed E-state index contributed by atoms with van der Waals surface area (Å²) in [5.41, 5.74) is 10.5. The average molecular weight is 466 g/mol. The first kappa shape index (κ1) is 26.9. The molecule has 0 amide bonds. The summed E-state index contributed by atoms with van der Waals surface area (Å²) < 4.78 is 76.9. The average Bonchev–Trinajstić information content (AvgIpc) is 2.63. The Morgan fingerprint density at radius 3 is 1.19 bits per heavy atom. The van der Waals surface area contributed by atoms with Crippen LogP contribution < -0.4 is 11.5 Å². The highest BCUT2D eigenvalue weighted by Crippen LogP contribution is 2.16. The van der Waals surface area contributed by atoms with E-state index in [2.05, 4.69) is 0 Å². The zero-order valence-corrected chi connectivity index (χ0v) is 16.4.